The molecule has 37 heavy (non-hydrogen) atoms. The Kier molecular flexibility index (Phi) is 7.04. The summed E-state index contributed by atoms with van der Waals surface area (Å²) in [4.78, 5) is 54.0. The Hall–Kier alpha value is -3.24. The van der Waals surface area contributed by atoms with Crippen LogP contribution in [0.2, 0.25) is 5.02 Å². The van der Waals surface area contributed by atoms with Crippen LogP contribution in [0.25, 0.3) is 11.2 Å². The number of piperazine rings is 1. The van der Waals surface area contributed by atoms with Crippen LogP contribution in [0.5, 0.6) is 0 Å². The zero-order valence-corrected chi connectivity index (χ0v) is 22.0. The van der Waals surface area contributed by atoms with E-state index in [0.29, 0.717) is 41.6 Å². The second-order valence-corrected chi connectivity index (χ2v) is 10.7. The fourth-order valence-corrected chi connectivity index (χ4v) is 5.68. The first-order chi connectivity index (χ1) is 17.7. The number of aryl methyl sites for hydroxylation is 1. The van der Waals surface area contributed by atoms with Crippen LogP contribution in [-0.2, 0) is 11.8 Å². The molecule has 3 aromatic rings. The molecule has 3 aliphatic heterocycles. The van der Waals surface area contributed by atoms with Crippen LogP contribution >= 0.6 is 11.6 Å². The molecule has 2 unspecified atom stereocenters. The van der Waals surface area contributed by atoms with E-state index in [9.17, 15) is 14.4 Å². The summed E-state index contributed by atoms with van der Waals surface area (Å²) in [5.41, 5.74) is 0.409. The van der Waals surface area contributed by atoms with Gasteiger partial charge in [0.25, 0.3) is 0 Å². The molecular formula is C26H32ClN7O3. The average Bonchev–Trinajstić information content (AvgIpc) is 3.22. The van der Waals surface area contributed by atoms with Gasteiger partial charge in [-0.3, -0.25) is 14.4 Å². The number of anilines is 1. The fraction of sp³-hybridized carbons (Fsp3) is 0.500. The van der Waals surface area contributed by atoms with E-state index in [-0.39, 0.29) is 30.0 Å². The lowest BCUT2D eigenvalue weighted by Crippen LogP contribution is -2.60. The summed E-state index contributed by atoms with van der Waals surface area (Å²) < 4.78 is 1.32. The Bertz CT molecular complexity index is 1420. The third kappa shape index (κ3) is 4.87. The molecule has 5 heterocycles. The smallest absolute Gasteiger partial charge is 0.316 e. The van der Waals surface area contributed by atoms with Crippen molar-refractivity contribution in [1.29, 1.82) is 0 Å². The van der Waals surface area contributed by atoms with Gasteiger partial charge in [0.1, 0.15) is 11.8 Å². The zero-order valence-electron chi connectivity index (χ0n) is 21.3. The maximum Gasteiger partial charge on any atom is 0.316 e. The SMILES string of the molecule is CC(C)NC[C@@H](C(=O)N1CC2CCCC1CN2c1ncnc2[nH]c(=O)c(=O)n(C)c12)c1ccc(Cl)cc1. The number of nitrogens with zero attached hydrogens (tertiary/aromatic N) is 5. The van der Waals surface area contributed by atoms with E-state index in [1.165, 1.54) is 10.9 Å². The number of nitrogens with one attached hydrogen (secondary N) is 2. The number of amides is 1. The number of carbonyl (C=O) groups is 1. The maximum absolute atomic E-state index is 14.1. The number of halogens is 1. The van der Waals surface area contributed by atoms with Crippen molar-refractivity contribution >= 4 is 34.5 Å². The molecule has 0 saturated carbocycles. The first-order valence-electron chi connectivity index (χ1n) is 12.7. The molecule has 0 spiro atoms. The second kappa shape index (κ2) is 10.3. The quantitative estimate of drug-likeness (QED) is 0.473. The molecule has 196 valence electrons. The van der Waals surface area contributed by atoms with E-state index < -0.39 is 11.1 Å². The summed E-state index contributed by atoms with van der Waals surface area (Å²) in [7, 11) is 1.57. The molecule has 3 saturated heterocycles. The van der Waals surface area contributed by atoms with Crippen LogP contribution in [0.1, 0.15) is 44.6 Å². The lowest BCUT2D eigenvalue weighted by molar-refractivity contribution is -0.136. The van der Waals surface area contributed by atoms with Crippen LogP contribution in [0.15, 0.2) is 40.2 Å². The van der Waals surface area contributed by atoms with Crippen molar-refractivity contribution < 1.29 is 4.79 Å². The van der Waals surface area contributed by atoms with Crippen molar-refractivity contribution in [3.8, 4) is 0 Å². The fourth-order valence-electron chi connectivity index (χ4n) is 5.55. The first kappa shape index (κ1) is 25.4. The van der Waals surface area contributed by atoms with Gasteiger partial charge >= 0.3 is 11.1 Å². The monoisotopic (exact) mass is 525 g/mol. The molecule has 0 radical (unpaired) electrons. The van der Waals surface area contributed by atoms with Crippen molar-refractivity contribution in [2.45, 2.75) is 57.2 Å². The number of aromatic amines is 1. The largest absolute Gasteiger partial charge is 0.348 e. The van der Waals surface area contributed by atoms with Gasteiger partial charge in [-0.1, -0.05) is 37.6 Å². The minimum Gasteiger partial charge on any atom is -0.348 e. The van der Waals surface area contributed by atoms with Crippen molar-refractivity contribution in [1.82, 2.24) is 29.7 Å². The number of hydrogen-bond donors (Lipinski definition) is 2. The lowest BCUT2D eigenvalue weighted by Gasteiger charge is -2.45. The Balaban J connectivity index is 1.47. The predicted molar refractivity (Wildman–Crippen MR) is 143 cm³/mol. The van der Waals surface area contributed by atoms with Gasteiger partial charge in [0, 0.05) is 49.8 Å². The zero-order chi connectivity index (χ0) is 26.3. The summed E-state index contributed by atoms with van der Waals surface area (Å²) >= 11 is 6.12. The molecule has 3 aliphatic rings. The molecule has 0 aliphatic carbocycles. The van der Waals surface area contributed by atoms with Gasteiger partial charge in [-0.25, -0.2) is 9.97 Å². The standard InChI is InChI=1S/C26H32ClN7O3/c1-15(2)28-11-20(16-7-9-17(27)10-8-16)25(36)34-13-18-5-4-6-19(34)12-33(18)23-21-22(29-14-30-23)31-24(35)26(37)32(21)3/h7-10,14-15,18-20,28H,4-6,11-13H2,1-3H3,(H,29,30,31,35)/t18?,19?,20-/m1/s1. The lowest BCUT2D eigenvalue weighted by atomic mass is 9.95. The highest BCUT2D eigenvalue weighted by Crippen LogP contribution is 2.34. The highest BCUT2D eigenvalue weighted by atomic mass is 35.5. The minimum atomic E-state index is -0.711. The average molecular weight is 526 g/mol. The molecule has 1 aromatic carbocycles. The van der Waals surface area contributed by atoms with Gasteiger partial charge in [-0.2, -0.15) is 0 Å². The second-order valence-electron chi connectivity index (χ2n) is 10.3. The van der Waals surface area contributed by atoms with Crippen molar-refractivity contribution in [2.75, 3.05) is 24.5 Å². The van der Waals surface area contributed by atoms with Crippen LogP contribution < -0.4 is 21.3 Å². The van der Waals surface area contributed by atoms with Gasteiger partial charge in [0.05, 0.1) is 5.92 Å². The van der Waals surface area contributed by atoms with E-state index in [1.54, 1.807) is 7.05 Å². The molecule has 10 nitrogen and oxygen atoms in total. The van der Waals surface area contributed by atoms with Crippen LogP contribution in [0.4, 0.5) is 5.82 Å². The number of carbonyl (C=O) groups excluding carboxylic acids is 1. The number of benzene rings is 1. The van der Waals surface area contributed by atoms with Crippen LogP contribution in [-0.4, -0.2) is 68.1 Å². The predicted octanol–water partition coefficient (Wildman–Crippen LogP) is 2.02. The van der Waals surface area contributed by atoms with Crippen LogP contribution in [0.3, 0.4) is 0 Å². The Morgan fingerprint density at radius 1 is 1.14 bits per heavy atom. The molecule has 1 amide bonds. The Morgan fingerprint density at radius 3 is 2.59 bits per heavy atom. The molecule has 2 bridgehead atoms. The molecule has 11 heteroatoms. The summed E-state index contributed by atoms with van der Waals surface area (Å²) in [6, 6.07) is 7.82. The van der Waals surface area contributed by atoms with Crippen LogP contribution in [0, 0.1) is 0 Å². The van der Waals surface area contributed by atoms with Crippen molar-refractivity contribution in [3.05, 3.63) is 61.9 Å². The third-order valence-corrected chi connectivity index (χ3v) is 7.75. The minimum absolute atomic E-state index is 0.00454. The summed E-state index contributed by atoms with van der Waals surface area (Å²) in [6.45, 7) is 5.85. The molecule has 3 atom stereocenters. The van der Waals surface area contributed by atoms with Gasteiger partial charge < -0.3 is 24.7 Å². The van der Waals surface area contributed by atoms with E-state index in [0.717, 1.165) is 24.8 Å². The summed E-state index contributed by atoms with van der Waals surface area (Å²) in [6.07, 6.45) is 4.19. The number of fused-ring (bicyclic) bond motifs is 5. The molecule has 2 N–H and O–H groups in total. The van der Waals surface area contributed by atoms with Crippen molar-refractivity contribution in [3.63, 3.8) is 0 Å². The third-order valence-electron chi connectivity index (χ3n) is 7.50. The van der Waals surface area contributed by atoms with E-state index >= 15 is 0 Å². The molecule has 2 aromatic heterocycles. The molecular weight excluding hydrogens is 494 g/mol. The number of H-pyrrole nitrogens is 1. The van der Waals surface area contributed by atoms with Gasteiger partial charge in [-0.05, 0) is 37.0 Å². The van der Waals surface area contributed by atoms with E-state index in [1.807, 2.05) is 29.2 Å². The van der Waals surface area contributed by atoms with E-state index in [4.69, 9.17) is 11.6 Å². The Morgan fingerprint density at radius 2 is 1.86 bits per heavy atom. The number of hydrogen-bond acceptors (Lipinski definition) is 7. The van der Waals surface area contributed by atoms with Gasteiger partial charge in [0.2, 0.25) is 5.91 Å². The molecule has 3 fully saturated rings. The van der Waals surface area contributed by atoms with Gasteiger partial charge in [-0.15, -0.1) is 0 Å². The highest BCUT2D eigenvalue weighted by molar-refractivity contribution is 6.30. The highest BCUT2D eigenvalue weighted by Gasteiger charge is 2.42. The Labute approximate surface area is 219 Å². The van der Waals surface area contributed by atoms with Crippen molar-refractivity contribution in [2.24, 2.45) is 7.05 Å². The maximum atomic E-state index is 14.1. The number of rotatable bonds is 6. The topological polar surface area (TPSA) is 116 Å². The number of aromatic nitrogens is 4. The first-order valence-corrected chi connectivity index (χ1v) is 13.1. The summed E-state index contributed by atoms with van der Waals surface area (Å²) in [5, 5.41) is 4.08. The van der Waals surface area contributed by atoms with E-state index in [2.05, 4.69) is 39.0 Å². The summed E-state index contributed by atoms with van der Waals surface area (Å²) in [5.74, 6) is 0.398. The normalized spacial score (nSPS) is 20.5. The van der Waals surface area contributed by atoms with Gasteiger partial charge in [0.15, 0.2) is 11.5 Å². The molecule has 6 rings (SSSR count).